The summed E-state index contributed by atoms with van der Waals surface area (Å²) in [4.78, 5) is 23.0. The summed E-state index contributed by atoms with van der Waals surface area (Å²) >= 11 is 0. The molecular formula is C32H29N3O3. The molecule has 0 unspecified atom stereocenters. The number of rotatable bonds is 7. The SMILES string of the molecule is COc1ccc(CNC(=O)c2cc(-c3cc(C)cc(C)c3)cnc2-c2cnc3ccccc3c2)cc1OC. The van der Waals surface area contributed by atoms with Crippen LogP contribution < -0.4 is 14.8 Å². The Morgan fingerprint density at radius 2 is 1.50 bits per heavy atom. The van der Waals surface area contributed by atoms with Crippen LogP contribution in [0, 0.1) is 13.8 Å². The number of carbonyl (C=O) groups excluding carboxylic acids is 1. The number of methoxy groups -OCH3 is 2. The van der Waals surface area contributed by atoms with Gasteiger partial charge in [-0.15, -0.1) is 0 Å². The van der Waals surface area contributed by atoms with E-state index in [1.165, 1.54) is 0 Å². The molecule has 6 heteroatoms. The molecular weight excluding hydrogens is 474 g/mol. The lowest BCUT2D eigenvalue weighted by Crippen LogP contribution is -2.24. The number of benzene rings is 3. The van der Waals surface area contributed by atoms with Gasteiger partial charge in [0.1, 0.15) is 0 Å². The molecule has 2 aromatic heterocycles. The highest BCUT2D eigenvalue weighted by atomic mass is 16.5. The summed E-state index contributed by atoms with van der Waals surface area (Å²) in [7, 11) is 3.19. The van der Waals surface area contributed by atoms with E-state index in [2.05, 4.69) is 42.3 Å². The van der Waals surface area contributed by atoms with Crippen molar-refractivity contribution in [1.82, 2.24) is 15.3 Å². The molecule has 0 saturated heterocycles. The maximum absolute atomic E-state index is 13.6. The van der Waals surface area contributed by atoms with Crippen LogP contribution in [0.2, 0.25) is 0 Å². The number of aryl methyl sites for hydroxylation is 2. The van der Waals surface area contributed by atoms with Crippen molar-refractivity contribution in [2.45, 2.75) is 20.4 Å². The van der Waals surface area contributed by atoms with Gasteiger partial charge in [-0.3, -0.25) is 14.8 Å². The first kappa shape index (κ1) is 25.0. The molecule has 3 aromatic carbocycles. The number of nitrogens with one attached hydrogen (secondary N) is 1. The molecule has 0 aliphatic rings. The second-order valence-corrected chi connectivity index (χ2v) is 9.29. The van der Waals surface area contributed by atoms with Crippen LogP contribution >= 0.6 is 0 Å². The Bertz CT molecular complexity index is 1630. The van der Waals surface area contributed by atoms with E-state index in [1.807, 2.05) is 60.8 Å². The predicted molar refractivity (Wildman–Crippen MR) is 151 cm³/mol. The van der Waals surface area contributed by atoms with E-state index in [0.717, 1.165) is 44.3 Å². The topological polar surface area (TPSA) is 73.3 Å². The Kier molecular flexibility index (Phi) is 7.05. The summed E-state index contributed by atoms with van der Waals surface area (Å²) in [6.45, 7) is 4.45. The average Bonchev–Trinajstić information content (AvgIpc) is 2.94. The molecule has 0 atom stereocenters. The van der Waals surface area contributed by atoms with Gasteiger partial charge in [-0.05, 0) is 55.3 Å². The van der Waals surface area contributed by atoms with E-state index in [-0.39, 0.29) is 5.91 Å². The third-order valence-electron chi connectivity index (χ3n) is 6.45. The lowest BCUT2D eigenvalue weighted by Gasteiger charge is -2.14. The monoisotopic (exact) mass is 503 g/mol. The number of hydrogen-bond donors (Lipinski definition) is 1. The Morgan fingerprint density at radius 1 is 0.763 bits per heavy atom. The van der Waals surface area contributed by atoms with Gasteiger partial charge >= 0.3 is 0 Å². The highest BCUT2D eigenvalue weighted by Gasteiger charge is 2.18. The van der Waals surface area contributed by atoms with E-state index in [4.69, 9.17) is 14.5 Å². The van der Waals surface area contributed by atoms with Crippen LogP contribution in [0.4, 0.5) is 0 Å². The average molecular weight is 504 g/mol. The number of ether oxygens (including phenoxy) is 2. The molecule has 0 saturated carbocycles. The van der Waals surface area contributed by atoms with Gasteiger partial charge in [-0.1, -0.05) is 53.6 Å². The lowest BCUT2D eigenvalue weighted by atomic mass is 9.98. The highest BCUT2D eigenvalue weighted by Crippen LogP contribution is 2.30. The van der Waals surface area contributed by atoms with Crippen molar-refractivity contribution < 1.29 is 14.3 Å². The van der Waals surface area contributed by atoms with Crippen LogP contribution in [0.25, 0.3) is 33.3 Å². The highest BCUT2D eigenvalue weighted by molar-refractivity contribution is 6.01. The minimum Gasteiger partial charge on any atom is -0.493 e. The van der Waals surface area contributed by atoms with Gasteiger partial charge in [0.25, 0.3) is 5.91 Å². The van der Waals surface area contributed by atoms with Crippen molar-refractivity contribution in [2.75, 3.05) is 14.2 Å². The second-order valence-electron chi connectivity index (χ2n) is 9.29. The summed E-state index contributed by atoms with van der Waals surface area (Å²) in [5.41, 5.74) is 7.85. The summed E-state index contributed by atoms with van der Waals surface area (Å²) < 4.78 is 10.7. The Hall–Kier alpha value is -4.71. The summed E-state index contributed by atoms with van der Waals surface area (Å²) in [6, 6.07) is 23.8. The van der Waals surface area contributed by atoms with Crippen molar-refractivity contribution >= 4 is 16.8 Å². The molecule has 0 bridgehead atoms. The molecule has 0 fully saturated rings. The number of fused-ring (bicyclic) bond motifs is 1. The second kappa shape index (κ2) is 10.7. The summed E-state index contributed by atoms with van der Waals surface area (Å²) in [5.74, 6) is 1.03. The Balaban J connectivity index is 1.54. The van der Waals surface area contributed by atoms with Crippen LogP contribution in [0.3, 0.4) is 0 Å². The van der Waals surface area contributed by atoms with Gasteiger partial charge in [0.05, 0.1) is 31.0 Å². The Labute approximate surface area is 222 Å². The molecule has 0 aliphatic heterocycles. The predicted octanol–water partition coefficient (Wildman–Crippen LogP) is 6.53. The fourth-order valence-electron chi connectivity index (χ4n) is 4.64. The molecule has 5 rings (SSSR count). The molecule has 2 heterocycles. The lowest BCUT2D eigenvalue weighted by molar-refractivity contribution is 0.0951. The van der Waals surface area contributed by atoms with Gasteiger partial charge in [0.15, 0.2) is 11.5 Å². The molecule has 38 heavy (non-hydrogen) atoms. The molecule has 0 aliphatic carbocycles. The Morgan fingerprint density at radius 3 is 2.26 bits per heavy atom. The summed E-state index contributed by atoms with van der Waals surface area (Å²) in [5, 5.41) is 4.04. The van der Waals surface area contributed by atoms with Crippen molar-refractivity contribution in [3.05, 3.63) is 107 Å². The number of amides is 1. The fraction of sp³-hybridized carbons (Fsp3) is 0.156. The number of carbonyl (C=O) groups is 1. The van der Waals surface area contributed by atoms with E-state index < -0.39 is 0 Å². The van der Waals surface area contributed by atoms with Crippen molar-refractivity contribution in [1.29, 1.82) is 0 Å². The van der Waals surface area contributed by atoms with Crippen LogP contribution in [-0.2, 0) is 6.54 Å². The zero-order chi connectivity index (χ0) is 26.6. The number of para-hydroxylation sites is 1. The summed E-state index contributed by atoms with van der Waals surface area (Å²) in [6.07, 6.45) is 3.59. The molecule has 190 valence electrons. The van der Waals surface area contributed by atoms with E-state index in [0.29, 0.717) is 29.3 Å². The number of pyridine rings is 2. The zero-order valence-corrected chi connectivity index (χ0v) is 21.9. The van der Waals surface area contributed by atoms with Gasteiger partial charge in [-0.2, -0.15) is 0 Å². The van der Waals surface area contributed by atoms with Gasteiger partial charge in [0, 0.05) is 35.5 Å². The van der Waals surface area contributed by atoms with Crippen molar-refractivity contribution in [3.8, 4) is 33.9 Å². The zero-order valence-electron chi connectivity index (χ0n) is 21.9. The first-order chi connectivity index (χ1) is 18.4. The van der Waals surface area contributed by atoms with Gasteiger partial charge in [0.2, 0.25) is 0 Å². The molecule has 1 amide bonds. The van der Waals surface area contributed by atoms with Crippen LogP contribution in [-0.4, -0.2) is 30.1 Å². The minimum atomic E-state index is -0.221. The van der Waals surface area contributed by atoms with Gasteiger partial charge < -0.3 is 14.8 Å². The number of nitrogens with zero attached hydrogens (tertiary/aromatic N) is 2. The maximum atomic E-state index is 13.6. The molecule has 0 radical (unpaired) electrons. The third-order valence-corrected chi connectivity index (χ3v) is 6.45. The quantitative estimate of drug-likeness (QED) is 0.273. The van der Waals surface area contributed by atoms with Gasteiger partial charge in [-0.25, -0.2) is 0 Å². The fourth-order valence-corrected chi connectivity index (χ4v) is 4.64. The normalized spacial score (nSPS) is 10.8. The van der Waals surface area contributed by atoms with Crippen molar-refractivity contribution in [2.24, 2.45) is 0 Å². The minimum absolute atomic E-state index is 0.221. The maximum Gasteiger partial charge on any atom is 0.253 e. The van der Waals surface area contributed by atoms with Crippen LogP contribution in [0.5, 0.6) is 11.5 Å². The van der Waals surface area contributed by atoms with Crippen molar-refractivity contribution in [3.63, 3.8) is 0 Å². The molecule has 1 N–H and O–H groups in total. The van der Waals surface area contributed by atoms with E-state index in [1.54, 1.807) is 20.4 Å². The first-order valence-electron chi connectivity index (χ1n) is 12.4. The smallest absolute Gasteiger partial charge is 0.253 e. The number of hydrogen-bond acceptors (Lipinski definition) is 5. The standard InChI is InChI=1S/C32H29N3O3/c1-20-11-21(2)13-24(12-20)25-16-27(32(36)35-17-22-9-10-29(37-3)30(14-22)38-4)31(34-18-25)26-15-23-7-5-6-8-28(23)33-19-26/h5-16,18-19H,17H2,1-4H3,(H,35,36). The largest absolute Gasteiger partial charge is 0.493 e. The molecule has 6 nitrogen and oxygen atoms in total. The van der Waals surface area contributed by atoms with Crippen LogP contribution in [0.15, 0.2) is 85.2 Å². The number of aromatic nitrogens is 2. The first-order valence-corrected chi connectivity index (χ1v) is 12.4. The molecule has 0 spiro atoms. The molecule has 5 aromatic rings. The van der Waals surface area contributed by atoms with E-state index in [9.17, 15) is 4.79 Å². The van der Waals surface area contributed by atoms with E-state index >= 15 is 0 Å². The van der Waals surface area contributed by atoms with Crippen LogP contribution in [0.1, 0.15) is 27.0 Å². The third kappa shape index (κ3) is 5.20.